The van der Waals surface area contributed by atoms with Crippen LogP contribution in [0.3, 0.4) is 0 Å². The van der Waals surface area contributed by atoms with Gasteiger partial charge in [0.25, 0.3) is 10.1 Å². The van der Waals surface area contributed by atoms with Gasteiger partial charge in [-0.05, 0) is 37.4 Å². The quantitative estimate of drug-likeness (QED) is 0.602. The lowest BCUT2D eigenvalue weighted by atomic mass is 9.83. The highest BCUT2D eigenvalue weighted by molar-refractivity contribution is 7.85. The van der Waals surface area contributed by atoms with Crippen molar-refractivity contribution in [3.8, 4) is 0 Å². The van der Waals surface area contributed by atoms with Crippen LogP contribution in [0.4, 0.5) is 0 Å². The second-order valence-corrected chi connectivity index (χ2v) is 7.56. The van der Waals surface area contributed by atoms with Gasteiger partial charge >= 0.3 is 0 Å². The molecule has 0 atom stereocenters. The zero-order valence-electron chi connectivity index (χ0n) is 10.2. The van der Waals surface area contributed by atoms with Crippen LogP contribution in [0, 0.1) is 5.41 Å². The molecule has 0 bridgehead atoms. The SMILES string of the molecule is CC(C)(CS(=O)(=O)O)C(=O)CC(C)(C)N(Cl)Cl. The summed E-state index contributed by atoms with van der Waals surface area (Å²) in [5, 5.41) is 0. The number of hydrogen-bond acceptors (Lipinski definition) is 4. The van der Waals surface area contributed by atoms with E-state index in [1.54, 1.807) is 13.8 Å². The Bertz CT molecular complexity index is 390. The number of nitrogens with zero attached hydrogens (tertiary/aromatic N) is 1. The molecule has 0 aromatic rings. The van der Waals surface area contributed by atoms with Gasteiger partial charge in [0.1, 0.15) is 5.78 Å². The minimum atomic E-state index is -4.20. The van der Waals surface area contributed by atoms with Gasteiger partial charge in [-0.2, -0.15) is 8.42 Å². The molecule has 17 heavy (non-hydrogen) atoms. The van der Waals surface area contributed by atoms with Crippen LogP contribution in [0.2, 0.25) is 0 Å². The molecular weight excluding hydrogens is 289 g/mol. The molecule has 0 spiro atoms. The number of Topliss-reactive ketones (excluding diaryl/α,β-unsaturated/α-hetero) is 1. The molecule has 0 aliphatic carbocycles. The van der Waals surface area contributed by atoms with Gasteiger partial charge in [0.2, 0.25) is 0 Å². The highest BCUT2D eigenvalue weighted by Gasteiger charge is 2.37. The Morgan fingerprint density at radius 2 is 1.65 bits per heavy atom. The molecular formula is C9H17Cl2NO4S. The maximum absolute atomic E-state index is 11.9. The molecule has 0 aromatic heterocycles. The van der Waals surface area contributed by atoms with E-state index in [4.69, 9.17) is 28.1 Å². The molecule has 0 unspecified atom stereocenters. The van der Waals surface area contributed by atoms with E-state index in [0.717, 1.165) is 3.94 Å². The Labute approximate surface area is 112 Å². The summed E-state index contributed by atoms with van der Waals surface area (Å²) >= 11 is 11.2. The standard InChI is InChI=1S/C9H17Cl2NO4S/c1-8(2,6-17(14,15)16)7(13)5-9(3,4)12(10)11/h5-6H2,1-4H3,(H,14,15,16). The Morgan fingerprint density at radius 3 is 1.94 bits per heavy atom. The lowest BCUT2D eigenvalue weighted by molar-refractivity contribution is -0.127. The molecule has 0 aliphatic rings. The third-order valence-corrected chi connectivity index (χ3v) is 4.35. The van der Waals surface area contributed by atoms with Crippen LogP contribution in [-0.4, -0.2) is 34.0 Å². The second-order valence-electron chi connectivity index (χ2n) is 5.26. The zero-order valence-corrected chi connectivity index (χ0v) is 12.5. The van der Waals surface area contributed by atoms with Gasteiger partial charge in [0.15, 0.2) is 0 Å². The molecule has 0 saturated heterocycles. The van der Waals surface area contributed by atoms with Gasteiger partial charge in [-0.3, -0.25) is 9.35 Å². The zero-order chi connectivity index (χ0) is 14.1. The van der Waals surface area contributed by atoms with Crippen LogP contribution in [0.25, 0.3) is 0 Å². The maximum atomic E-state index is 11.9. The Hall–Kier alpha value is 0.120. The largest absolute Gasteiger partial charge is 0.299 e. The van der Waals surface area contributed by atoms with E-state index >= 15 is 0 Å². The van der Waals surface area contributed by atoms with Crippen molar-refractivity contribution < 1.29 is 17.8 Å². The fourth-order valence-corrected chi connectivity index (χ4v) is 2.42. The first kappa shape index (κ1) is 17.1. The molecule has 102 valence electrons. The van der Waals surface area contributed by atoms with Crippen LogP contribution < -0.4 is 0 Å². The summed E-state index contributed by atoms with van der Waals surface area (Å²) < 4.78 is 31.2. The molecule has 0 aliphatic heterocycles. The molecule has 0 amide bonds. The number of carbonyl (C=O) groups is 1. The maximum Gasteiger partial charge on any atom is 0.265 e. The normalized spacial score (nSPS) is 14.1. The van der Waals surface area contributed by atoms with Crippen molar-refractivity contribution in [1.82, 2.24) is 3.94 Å². The third kappa shape index (κ3) is 6.01. The first-order chi connectivity index (χ1) is 7.28. The van der Waals surface area contributed by atoms with Crippen LogP contribution in [-0.2, 0) is 14.9 Å². The number of halogens is 2. The summed E-state index contributed by atoms with van der Waals surface area (Å²) in [6, 6.07) is 0. The van der Waals surface area contributed by atoms with Crippen molar-refractivity contribution in [3.63, 3.8) is 0 Å². The van der Waals surface area contributed by atoms with E-state index in [2.05, 4.69) is 0 Å². The van der Waals surface area contributed by atoms with Gasteiger partial charge < -0.3 is 0 Å². The lowest BCUT2D eigenvalue weighted by Crippen LogP contribution is -2.40. The van der Waals surface area contributed by atoms with Crippen LogP contribution in [0.15, 0.2) is 0 Å². The summed E-state index contributed by atoms with van der Waals surface area (Å²) in [6.45, 7) is 6.20. The molecule has 0 fully saturated rings. The first-order valence-corrected chi connectivity index (χ1v) is 7.17. The topological polar surface area (TPSA) is 74.7 Å². The van der Waals surface area contributed by atoms with Crippen LogP contribution in [0.1, 0.15) is 34.1 Å². The van der Waals surface area contributed by atoms with Gasteiger partial charge in [-0.1, -0.05) is 13.8 Å². The van der Waals surface area contributed by atoms with E-state index in [1.165, 1.54) is 13.8 Å². The predicted molar refractivity (Wildman–Crippen MR) is 67.4 cm³/mol. The van der Waals surface area contributed by atoms with Gasteiger partial charge in [-0.15, -0.1) is 3.94 Å². The molecule has 0 saturated carbocycles. The fraction of sp³-hybridized carbons (Fsp3) is 0.889. The second kappa shape index (κ2) is 5.40. The average molecular weight is 306 g/mol. The number of carbonyl (C=O) groups excluding carboxylic acids is 1. The third-order valence-electron chi connectivity index (χ3n) is 2.35. The molecule has 0 radical (unpaired) electrons. The van der Waals surface area contributed by atoms with Gasteiger partial charge in [0.05, 0.1) is 11.3 Å². The van der Waals surface area contributed by atoms with E-state index in [0.29, 0.717) is 0 Å². The number of hydrogen-bond donors (Lipinski definition) is 1. The van der Waals surface area contributed by atoms with Crippen molar-refractivity contribution >= 4 is 39.5 Å². The molecule has 1 N–H and O–H groups in total. The summed E-state index contributed by atoms with van der Waals surface area (Å²) in [7, 11) is -4.20. The van der Waals surface area contributed by atoms with Crippen molar-refractivity contribution in [2.24, 2.45) is 5.41 Å². The van der Waals surface area contributed by atoms with Crippen LogP contribution in [0.5, 0.6) is 0 Å². The van der Waals surface area contributed by atoms with Crippen LogP contribution >= 0.6 is 23.6 Å². The average Bonchev–Trinajstić information content (AvgIpc) is 1.97. The van der Waals surface area contributed by atoms with Gasteiger partial charge in [-0.25, -0.2) is 0 Å². The van der Waals surface area contributed by atoms with Crippen molar-refractivity contribution in [2.45, 2.75) is 39.7 Å². The summed E-state index contributed by atoms with van der Waals surface area (Å²) in [5.41, 5.74) is -1.99. The molecule has 0 heterocycles. The van der Waals surface area contributed by atoms with Crippen molar-refractivity contribution in [1.29, 1.82) is 0 Å². The smallest absolute Gasteiger partial charge is 0.265 e. The van der Waals surface area contributed by atoms with E-state index in [1.807, 2.05) is 0 Å². The minimum Gasteiger partial charge on any atom is -0.299 e. The molecule has 0 rings (SSSR count). The summed E-state index contributed by atoms with van der Waals surface area (Å²) in [6.07, 6.45) is -0.0253. The van der Waals surface area contributed by atoms with E-state index in [-0.39, 0.29) is 12.2 Å². The van der Waals surface area contributed by atoms with Crippen molar-refractivity contribution in [2.75, 3.05) is 5.75 Å². The number of ketones is 1. The molecule has 8 heteroatoms. The molecule has 5 nitrogen and oxygen atoms in total. The monoisotopic (exact) mass is 305 g/mol. The summed E-state index contributed by atoms with van der Waals surface area (Å²) in [5.74, 6) is -0.967. The molecule has 0 aromatic carbocycles. The Morgan fingerprint density at radius 1 is 1.24 bits per heavy atom. The van der Waals surface area contributed by atoms with Gasteiger partial charge in [0, 0.05) is 11.8 Å². The van der Waals surface area contributed by atoms with E-state index < -0.39 is 26.8 Å². The highest BCUT2D eigenvalue weighted by atomic mass is 35.5. The predicted octanol–water partition coefficient (Wildman–Crippen LogP) is 2.25. The van der Waals surface area contributed by atoms with E-state index in [9.17, 15) is 13.2 Å². The Balaban J connectivity index is 4.83. The Kier molecular flexibility index (Phi) is 5.44. The highest BCUT2D eigenvalue weighted by Crippen LogP contribution is 2.29. The lowest BCUT2D eigenvalue weighted by Gasteiger charge is -2.30. The first-order valence-electron chi connectivity index (χ1n) is 4.88. The minimum absolute atomic E-state index is 0.0253. The summed E-state index contributed by atoms with van der Waals surface area (Å²) in [4.78, 5) is 11.9. The number of rotatable bonds is 6. The van der Waals surface area contributed by atoms with Crippen molar-refractivity contribution in [3.05, 3.63) is 0 Å². The fourth-order valence-electron chi connectivity index (χ4n) is 1.23.